The minimum Gasteiger partial charge on any atom is -0.324 e. The quantitative estimate of drug-likeness (QED) is 0.802. The third-order valence-electron chi connectivity index (χ3n) is 3.85. The van der Waals surface area contributed by atoms with E-state index < -0.39 is 12.8 Å². The van der Waals surface area contributed by atoms with E-state index >= 15 is 0 Å². The average molecular weight is 282 g/mol. The lowest BCUT2D eigenvalue weighted by atomic mass is 9.78. The van der Waals surface area contributed by atoms with Crippen molar-refractivity contribution in [3.8, 4) is 0 Å². The molecule has 1 aromatic carbocycles. The maximum Gasteiger partial charge on any atom is 0.336 e. The van der Waals surface area contributed by atoms with Gasteiger partial charge in [-0.15, -0.1) is 0 Å². The van der Waals surface area contributed by atoms with Crippen molar-refractivity contribution in [3.05, 3.63) is 42.0 Å². The smallest absolute Gasteiger partial charge is 0.324 e. The van der Waals surface area contributed by atoms with E-state index in [-0.39, 0.29) is 11.8 Å². The van der Waals surface area contributed by atoms with E-state index in [0.717, 1.165) is 5.56 Å². The molecule has 0 bridgehead atoms. The fourth-order valence-corrected chi connectivity index (χ4v) is 4.89. The fourth-order valence-electron chi connectivity index (χ4n) is 3.06. The van der Waals surface area contributed by atoms with Gasteiger partial charge in [0.1, 0.15) is 5.16 Å². The summed E-state index contributed by atoms with van der Waals surface area (Å²) in [6.07, 6.45) is 1.72. The van der Waals surface area contributed by atoms with Crippen LogP contribution in [-0.4, -0.2) is 9.79 Å². The normalized spacial score (nSPS) is 13.1. The van der Waals surface area contributed by atoms with Crippen LogP contribution >= 0.6 is 7.60 Å². The second-order valence-corrected chi connectivity index (χ2v) is 7.33. The molecule has 19 heavy (non-hydrogen) atoms. The Hall–Kier alpha value is -0.890. The van der Waals surface area contributed by atoms with Crippen LogP contribution in [-0.2, 0) is 9.72 Å². The van der Waals surface area contributed by atoms with Gasteiger partial charge in [-0.05, 0) is 23.0 Å². The Balaban J connectivity index is 3.54. The molecule has 3 nitrogen and oxygen atoms in total. The van der Waals surface area contributed by atoms with Crippen LogP contribution in [0.1, 0.15) is 38.8 Å². The monoisotopic (exact) mass is 282 g/mol. The van der Waals surface area contributed by atoms with Gasteiger partial charge in [0.05, 0.1) is 0 Å². The molecule has 0 saturated carbocycles. The molecule has 106 valence electrons. The highest BCUT2D eigenvalue weighted by Gasteiger charge is 2.52. The van der Waals surface area contributed by atoms with Gasteiger partial charge in [-0.25, -0.2) is 0 Å². The van der Waals surface area contributed by atoms with Crippen molar-refractivity contribution in [1.29, 1.82) is 0 Å². The predicted molar refractivity (Wildman–Crippen MR) is 79.9 cm³/mol. The number of rotatable bonds is 5. The van der Waals surface area contributed by atoms with E-state index in [2.05, 4.69) is 6.58 Å². The molecule has 2 N–H and O–H groups in total. The molecule has 0 saturated heterocycles. The van der Waals surface area contributed by atoms with E-state index in [4.69, 9.17) is 0 Å². The second kappa shape index (κ2) is 5.62. The van der Waals surface area contributed by atoms with Gasteiger partial charge in [-0.2, -0.15) is 0 Å². The van der Waals surface area contributed by atoms with Crippen molar-refractivity contribution in [2.24, 2.45) is 11.8 Å². The molecule has 0 radical (unpaired) electrons. The molecular formula is C15H23O3P. The van der Waals surface area contributed by atoms with Crippen LogP contribution in [0.2, 0.25) is 0 Å². The first-order valence-corrected chi connectivity index (χ1v) is 8.07. The van der Waals surface area contributed by atoms with E-state index in [1.807, 2.05) is 39.8 Å². The zero-order valence-electron chi connectivity index (χ0n) is 12.0. The Morgan fingerprint density at radius 3 is 1.79 bits per heavy atom. The largest absolute Gasteiger partial charge is 0.336 e. The zero-order chi connectivity index (χ0) is 14.8. The van der Waals surface area contributed by atoms with E-state index in [9.17, 15) is 14.4 Å². The third-order valence-corrected chi connectivity index (χ3v) is 6.11. The molecule has 1 rings (SSSR count). The predicted octanol–water partition coefficient (Wildman–Crippen LogP) is 4.01. The first kappa shape index (κ1) is 16.2. The van der Waals surface area contributed by atoms with Gasteiger partial charge in [0.15, 0.2) is 0 Å². The van der Waals surface area contributed by atoms with Crippen LogP contribution in [0.15, 0.2) is 30.8 Å². The molecule has 0 aromatic heterocycles. The summed E-state index contributed by atoms with van der Waals surface area (Å²) >= 11 is 0. The van der Waals surface area contributed by atoms with E-state index in [1.165, 1.54) is 0 Å². The standard InChI is InChI=1S/C15H23O3P/c1-6-13-7-9-14(10-8-13)15(11(2)3,12(4)5)19(16,17)18/h6-12H,1H2,2-5H3,(H2,16,17,18). The zero-order valence-corrected chi connectivity index (χ0v) is 12.9. The van der Waals surface area contributed by atoms with Crippen LogP contribution in [0.4, 0.5) is 0 Å². The molecule has 4 heteroatoms. The van der Waals surface area contributed by atoms with E-state index in [1.54, 1.807) is 18.2 Å². The molecule has 0 heterocycles. The van der Waals surface area contributed by atoms with Crippen LogP contribution in [0.5, 0.6) is 0 Å². The summed E-state index contributed by atoms with van der Waals surface area (Å²) in [5, 5.41) is -1.15. The Morgan fingerprint density at radius 2 is 1.53 bits per heavy atom. The number of benzene rings is 1. The first-order chi connectivity index (χ1) is 8.67. The first-order valence-electron chi connectivity index (χ1n) is 6.46. The van der Waals surface area contributed by atoms with Crippen molar-refractivity contribution >= 4 is 13.7 Å². The molecule has 0 amide bonds. The van der Waals surface area contributed by atoms with Crippen molar-refractivity contribution in [3.63, 3.8) is 0 Å². The van der Waals surface area contributed by atoms with Gasteiger partial charge in [0, 0.05) is 0 Å². The lowest BCUT2D eigenvalue weighted by Crippen LogP contribution is -2.37. The Labute approximate surface area is 115 Å². The highest BCUT2D eigenvalue weighted by molar-refractivity contribution is 7.53. The third kappa shape index (κ3) is 2.69. The van der Waals surface area contributed by atoms with Crippen LogP contribution in [0.25, 0.3) is 6.08 Å². The summed E-state index contributed by atoms with van der Waals surface area (Å²) in [6, 6.07) is 7.29. The molecule has 0 spiro atoms. The SMILES string of the molecule is C=Cc1ccc(C(C(C)C)(C(C)C)P(=O)(O)O)cc1. The van der Waals surface area contributed by atoms with Crippen molar-refractivity contribution in [1.82, 2.24) is 0 Å². The molecule has 0 aliphatic rings. The van der Waals surface area contributed by atoms with Crippen LogP contribution in [0, 0.1) is 11.8 Å². The number of hydrogen-bond acceptors (Lipinski definition) is 1. The molecule has 0 atom stereocenters. The molecule has 0 unspecified atom stereocenters. The molecule has 0 aliphatic carbocycles. The van der Waals surface area contributed by atoms with Gasteiger partial charge in [-0.1, -0.05) is 64.6 Å². The lowest BCUT2D eigenvalue weighted by molar-refractivity contribution is 0.239. The van der Waals surface area contributed by atoms with Gasteiger partial charge < -0.3 is 9.79 Å². The summed E-state index contributed by atoms with van der Waals surface area (Å²) in [6.45, 7) is 11.1. The summed E-state index contributed by atoms with van der Waals surface area (Å²) in [5.41, 5.74) is 1.63. The highest BCUT2D eigenvalue weighted by atomic mass is 31.2. The number of hydrogen-bond donors (Lipinski definition) is 2. The van der Waals surface area contributed by atoms with Crippen LogP contribution in [0.3, 0.4) is 0 Å². The highest BCUT2D eigenvalue weighted by Crippen LogP contribution is 2.64. The van der Waals surface area contributed by atoms with Crippen LogP contribution < -0.4 is 0 Å². The average Bonchev–Trinajstić information content (AvgIpc) is 2.27. The van der Waals surface area contributed by atoms with Gasteiger partial charge >= 0.3 is 7.60 Å². The summed E-state index contributed by atoms with van der Waals surface area (Å²) in [5.74, 6) is -0.328. The van der Waals surface area contributed by atoms with Gasteiger partial charge in [0.2, 0.25) is 0 Å². The van der Waals surface area contributed by atoms with Crippen molar-refractivity contribution in [2.45, 2.75) is 32.9 Å². The molecule has 0 fully saturated rings. The van der Waals surface area contributed by atoms with Crippen molar-refractivity contribution in [2.75, 3.05) is 0 Å². The topological polar surface area (TPSA) is 57.5 Å². The molecule has 1 aromatic rings. The summed E-state index contributed by atoms with van der Waals surface area (Å²) < 4.78 is 12.2. The minimum absolute atomic E-state index is 0.164. The summed E-state index contributed by atoms with van der Waals surface area (Å²) in [4.78, 5) is 19.9. The summed E-state index contributed by atoms with van der Waals surface area (Å²) in [7, 11) is -4.29. The Bertz CT molecular complexity index is 475. The molecule has 0 aliphatic heterocycles. The Morgan fingerprint density at radius 1 is 1.11 bits per heavy atom. The maximum absolute atomic E-state index is 12.2. The van der Waals surface area contributed by atoms with Crippen molar-refractivity contribution < 1.29 is 14.4 Å². The maximum atomic E-state index is 12.2. The fraction of sp³-hybridized carbons (Fsp3) is 0.467. The Kier molecular flexibility index (Phi) is 4.78. The van der Waals surface area contributed by atoms with E-state index in [0.29, 0.717) is 5.56 Å². The lowest BCUT2D eigenvalue weighted by Gasteiger charge is -2.42. The van der Waals surface area contributed by atoms with Gasteiger partial charge in [0.25, 0.3) is 0 Å². The molecular weight excluding hydrogens is 259 g/mol. The minimum atomic E-state index is -4.29. The van der Waals surface area contributed by atoms with Gasteiger partial charge in [-0.3, -0.25) is 4.57 Å². The second-order valence-electron chi connectivity index (χ2n) is 5.50.